The van der Waals surface area contributed by atoms with Gasteiger partial charge >= 0.3 is 0 Å². The summed E-state index contributed by atoms with van der Waals surface area (Å²) in [5, 5.41) is 3.34. The third-order valence-electron chi connectivity index (χ3n) is 1.81. The Hall–Kier alpha value is -0.720. The number of fused-ring (bicyclic) bond motifs is 2. The molecule has 47 valence electrons. The van der Waals surface area contributed by atoms with Crippen LogP contribution in [0.25, 0.3) is 0 Å². The second-order valence-electron chi connectivity index (χ2n) is 2.55. The van der Waals surface area contributed by atoms with E-state index in [4.69, 9.17) is 0 Å². The van der Waals surface area contributed by atoms with Gasteiger partial charge in [-0.05, 0) is 25.3 Å². The minimum Gasteiger partial charge on any atom is -0.377 e. The molecule has 0 aliphatic carbocycles. The highest BCUT2D eigenvalue weighted by atomic mass is 14.9. The molecule has 1 fully saturated rings. The lowest BCUT2D eigenvalue weighted by molar-refractivity contribution is 0.602. The first-order valence-corrected chi connectivity index (χ1v) is 3.45. The molecule has 1 N–H and O–H groups in total. The fourth-order valence-electron chi connectivity index (χ4n) is 1.33. The van der Waals surface area contributed by atoms with Crippen molar-refractivity contribution in [2.24, 2.45) is 0 Å². The van der Waals surface area contributed by atoms with Gasteiger partial charge in [-0.25, -0.2) is 0 Å². The highest BCUT2D eigenvalue weighted by molar-refractivity contribution is 5.29. The van der Waals surface area contributed by atoms with Gasteiger partial charge in [-0.1, -0.05) is 12.2 Å². The van der Waals surface area contributed by atoms with Crippen LogP contribution in [0.1, 0.15) is 19.3 Å². The zero-order valence-electron chi connectivity index (χ0n) is 5.35. The molecule has 0 saturated carbocycles. The molecule has 1 nitrogen and oxygen atoms in total. The van der Waals surface area contributed by atoms with Crippen molar-refractivity contribution in [3.8, 4) is 0 Å². The van der Waals surface area contributed by atoms with Crippen LogP contribution >= 0.6 is 0 Å². The molecular formula is C8H10N. The molecule has 0 spiro atoms. The summed E-state index contributed by atoms with van der Waals surface area (Å²) >= 11 is 0. The molecule has 2 heterocycles. The van der Waals surface area contributed by atoms with Gasteiger partial charge < -0.3 is 5.32 Å². The summed E-state index contributed by atoms with van der Waals surface area (Å²) < 4.78 is 0. The zero-order valence-corrected chi connectivity index (χ0v) is 5.35. The van der Waals surface area contributed by atoms with Gasteiger partial charge in [0.05, 0.1) is 6.04 Å². The van der Waals surface area contributed by atoms with Gasteiger partial charge in [-0.2, -0.15) is 0 Å². The van der Waals surface area contributed by atoms with E-state index >= 15 is 0 Å². The van der Waals surface area contributed by atoms with E-state index in [-0.39, 0.29) is 0 Å². The second kappa shape index (κ2) is 1.90. The minimum atomic E-state index is 1.23. The molecule has 0 unspecified atom stereocenters. The SMILES string of the molecule is C1=C[C]2CCCC(=C1)N2. The van der Waals surface area contributed by atoms with E-state index in [1.807, 2.05) is 0 Å². The van der Waals surface area contributed by atoms with E-state index in [9.17, 15) is 0 Å². The van der Waals surface area contributed by atoms with E-state index < -0.39 is 0 Å². The Morgan fingerprint density at radius 2 is 2.33 bits per heavy atom. The molecule has 0 aromatic rings. The van der Waals surface area contributed by atoms with Crippen molar-refractivity contribution in [1.82, 2.24) is 5.32 Å². The maximum Gasteiger partial charge on any atom is 0.0823 e. The van der Waals surface area contributed by atoms with E-state index in [0.717, 1.165) is 0 Å². The predicted octanol–water partition coefficient (Wildman–Crippen LogP) is 1.75. The number of dihydropyridines is 1. The van der Waals surface area contributed by atoms with Crippen LogP contribution in [0.15, 0.2) is 23.9 Å². The highest BCUT2D eigenvalue weighted by Crippen LogP contribution is 2.23. The van der Waals surface area contributed by atoms with Crippen LogP contribution in [0.4, 0.5) is 0 Å². The van der Waals surface area contributed by atoms with Crippen LogP contribution in [0.3, 0.4) is 0 Å². The van der Waals surface area contributed by atoms with Crippen molar-refractivity contribution in [3.63, 3.8) is 0 Å². The average Bonchev–Trinajstić information content (AvgIpc) is 1.88. The average molecular weight is 120 g/mol. The molecular weight excluding hydrogens is 110 g/mol. The maximum atomic E-state index is 3.34. The lowest BCUT2D eigenvalue weighted by Crippen LogP contribution is -2.25. The minimum absolute atomic E-state index is 1.23. The predicted molar refractivity (Wildman–Crippen MR) is 37.5 cm³/mol. The van der Waals surface area contributed by atoms with Crippen LogP contribution in [0.2, 0.25) is 0 Å². The number of allylic oxidation sites excluding steroid dienone is 3. The molecule has 1 radical (unpaired) electrons. The quantitative estimate of drug-likeness (QED) is 0.513. The summed E-state index contributed by atoms with van der Waals surface area (Å²) in [5.41, 5.74) is 1.39. The Morgan fingerprint density at radius 1 is 1.33 bits per heavy atom. The normalized spacial score (nSPS) is 25.1. The van der Waals surface area contributed by atoms with Gasteiger partial charge in [-0.3, -0.25) is 0 Å². The van der Waals surface area contributed by atoms with Crippen molar-refractivity contribution < 1.29 is 0 Å². The van der Waals surface area contributed by atoms with Crippen LogP contribution in [0.5, 0.6) is 0 Å². The lowest BCUT2D eigenvalue weighted by atomic mass is 9.98. The molecule has 2 aliphatic heterocycles. The van der Waals surface area contributed by atoms with Gasteiger partial charge in [0.15, 0.2) is 0 Å². The first-order valence-electron chi connectivity index (χ1n) is 3.45. The highest BCUT2D eigenvalue weighted by Gasteiger charge is 2.15. The largest absolute Gasteiger partial charge is 0.377 e. The van der Waals surface area contributed by atoms with Crippen LogP contribution < -0.4 is 5.32 Å². The molecule has 0 aromatic carbocycles. The van der Waals surface area contributed by atoms with Gasteiger partial charge in [-0.15, -0.1) is 0 Å². The molecule has 2 rings (SSSR count). The third-order valence-corrected chi connectivity index (χ3v) is 1.81. The molecule has 1 saturated heterocycles. The number of rotatable bonds is 0. The molecule has 1 heteroatoms. The van der Waals surface area contributed by atoms with Gasteiger partial charge in [0.1, 0.15) is 0 Å². The van der Waals surface area contributed by atoms with Gasteiger partial charge in [0.2, 0.25) is 0 Å². The van der Waals surface area contributed by atoms with E-state index in [0.29, 0.717) is 0 Å². The van der Waals surface area contributed by atoms with E-state index in [1.54, 1.807) is 0 Å². The first kappa shape index (κ1) is 5.10. The van der Waals surface area contributed by atoms with Gasteiger partial charge in [0, 0.05) is 5.70 Å². The summed E-state index contributed by atoms with van der Waals surface area (Å²) in [6, 6.07) is 1.39. The number of nitrogens with one attached hydrogen (secondary N) is 1. The van der Waals surface area contributed by atoms with E-state index in [2.05, 4.69) is 23.5 Å². The van der Waals surface area contributed by atoms with Crippen molar-refractivity contribution in [2.75, 3.05) is 0 Å². The summed E-state index contributed by atoms with van der Waals surface area (Å²) in [6.45, 7) is 0. The number of hydrogen-bond donors (Lipinski definition) is 1. The van der Waals surface area contributed by atoms with Crippen molar-refractivity contribution >= 4 is 0 Å². The van der Waals surface area contributed by atoms with Crippen molar-refractivity contribution in [2.45, 2.75) is 19.3 Å². The molecule has 9 heavy (non-hydrogen) atoms. The summed E-state index contributed by atoms with van der Waals surface area (Å²) in [6.07, 6.45) is 10.2. The second-order valence-corrected chi connectivity index (χ2v) is 2.55. The fraction of sp³-hybridized carbons (Fsp3) is 0.375. The van der Waals surface area contributed by atoms with Gasteiger partial charge in [0.25, 0.3) is 0 Å². The number of piperidine rings is 1. The third kappa shape index (κ3) is 0.869. The Kier molecular flexibility index (Phi) is 1.08. The molecule has 0 amide bonds. The summed E-state index contributed by atoms with van der Waals surface area (Å²) in [4.78, 5) is 0. The Balaban J connectivity index is 2.22. The standard InChI is InChI=1S/C8H10N/c1-3-7-5-2-6-8(4-1)9-7/h1,3-4,9H,2,5-6H2. The Morgan fingerprint density at radius 3 is 3.11 bits per heavy atom. The Labute approximate surface area is 55.5 Å². The van der Waals surface area contributed by atoms with Crippen molar-refractivity contribution in [3.05, 3.63) is 30.0 Å². The number of hydrogen-bond acceptors (Lipinski definition) is 1. The van der Waals surface area contributed by atoms with Crippen LogP contribution in [-0.4, -0.2) is 0 Å². The molecule has 2 aliphatic rings. The monoisotopic (exact) mass is 120 g/mol. The van der Waals surface area contributed by atoms with Crippen LogP contribution in [0, 0.1) is 6.04 Å². The van der Waals surface area contributed by atoms with Crippen molar-refractivity contribution in [1.29, 1.82) is 0 Å². The summed E-state index contributed by atoms with van der Waals surface area (Å²) in [7, 11) is 0. The lowest BCUT2D eigenvalue weighted by Gasteiger charge is -2.25. The summed E-state index contributed by atoms with van der Waals surface area (Å²) in [5.74, 6) is 0. The maximum absolute atomic E-state index is 3.34. The zero-order chi connectivity index (χ0) is 6.10. The molecule has 0 atom stereocenters. The smallest absolute Gasteiger partial charge is 0.0823 e. The molecule has 2 bridgehead atoms. The molecule has 0 aromatic heterocycles. The Bertz CT molecular complexity index is 167. The van der Waals surface area contributed by atoms with Crippen LogP contribution in [-0.2, 0) is 0 Å². The first-order chi connectivity index (χ1) is 4.45. The fourth-order valence-corrected chi connectivity index (χ4v) is 1.33. The topological polar surface area (TPSA) is 12.0 Å². The van der Waals surface area contributed by atoms with E-state index in [1.165, 1.54) is 31.0 Å².